The van der Waals surface area contributed by atoms with E-state index in [0.717, 1.165) is 12.1 Å². The highest BCUT2D eigenvalue weighted by molar-refractivity contribution is 6.33. The molecule has 2 amide bonds. The van der Waals surface area contributed by atoms with Gasteiger partial charge in [-0.1, -0.05) is 41.9 Å². The van der Waals surface area contributed by atoms with E-state index in [1.54, 1.807) is 31.3 Å². The number of nitrogens with one attached hydrogen (secondary N) is 1. The van der Waals surface area contributed by atoms with Gasteiger partial charge in [-0.3, -0.25) is 9.59 Å². The van der Waals surface area contributed by atoms with Crippen LogP contribution in [0.15, 0.2) is 48.5 Å². The Kier molecular flexibility index (Phi) is 5.47. The van der Waals surface area contributed by atoms with Gasteiger partial charge in [-0.25, -0.2) is 0 Å². The van der Waals surface area contributed by atoms with Crippen molar-refractivity contribution in [3.05, 3.63) is 59.1 Å². The Morgan fingerprint density at radius 2 is 1.88 bits per heavy atom. The molecule has 2 aromatic rings. The van der Waals surface area contributed by atoms with E-state index in [9.17, 15) is 9.59 Å². The molecule has 0 aromatic heterocycles. The average molecular weight is 372 g/mol. The standard InChI is InChI=1S/C20H22ClN3O2/c1-14-11-15-7-3-6-10-18(15)24(14)13-20(26)23(2)12-19(25)22-17-9-5-4-8-16(17)21/h3-10,14H,11-13H2,1-2H3,(H,22,25). The molecule has 0 saturated carbocycles. The third-order valence-electron chi connectivity index (χ3n) is 4.61. The van der Waals surface area contributed by atoms with E-state index in [1.165, 1.54) is 10.5 Å². The summed E-state index contributed by atoms with van der Waals surface area (Å²) in [6, 6.07) is 15.4. The van der Waals surface area contributed by atoms with Gasteiger partial charge in [0.1, 0.15) is 0 Å². The lowest BCUT2D eigenvalue weighted by Crippen LogP contribution is -2.43. The number of rotatable bonds is 5. The Morgan fingerprint density at radius 3 is 2.65 bits per heavy atom. The third-order valence-corrected chi connectivity index (χ3v) is 4.94. The zero-order valence-corrected chi connectivity index (χ0v) is 15.7. The smallest absolute Gasteiger partial charge is 0.244 e. The van der Waals surface area contributed by atoms with Gasteiger partial charge in [-0.05, 0) is 37.1 Å². The minimum absolute atomic E-state index is 0.0199. The quantitative estimate of drug-likeness (QED) is 0.878. The number of carbonyl (C=O) groups excluding carboxylic acids is 2. The van der Waals surface area contributed by atoms with Crippen molar-refractivity contribution in [2.75, 3.05) is 30.4 Å². The topological polar surface area (TPSA) is 52.7 Å². The number of halogens is 1. The molecule has 1 heterocycles. The molecule has 2 aromatic carbocycles. The first-order chi connectivity index (χ1) is 12.5. The zero-order valence-electron chi connectivity index (χ0n) is 14.9. The fourth-order valence-electron chi connectivity index (χ4n) is 3.19. The highest BCUT2D eigenvalue weighted by Crippen LogP contribution is 2.31. The first-order valence-electron chi connectivity index (χ1n) is 8.58. The molecule has 3 rings (SSSR count). The lowest BCUT2D eigenvalue weighted by molar-refractivity contribution is -0.132. The maximum Gasteiger partial charge on any atom is 0.244 e. The molecule has 0 fully saturated rings. The molecule has 0 radical (unpaired) electrons. The molecule has 1 aliphatic heterocycles. The van der Waals surface area contributed by atoms with E-state index in [2.05, 4.69) is 23.2 Å². The van der Waals surface area contributed by atoms with Gasteiger partial charge in [0.05, 0.1) is 23.8 Å². The molecule has 0 bridgehead atoms. The highest BCUT2D eigenvalue weighted by Gasteiger charge is 2.28. The van der Waals surface area contributed by atoms with Gasteiger partial charge in [-0.2, -0.15) is 0 Å². The largest absolute Gasteiger partial charge is 0.359 e. The van der Waals surface area contributed by atoms with Crippen molar-refractivity contribution in [1.29, 1.82) is 0 Å². The number of anilines is 2. The molecule has 26 heavy (non-hydrogen) atoms. The molecule has 136 valence electrons. The van der Waals surface area contributed by atoms with Crippen molar-refractivity contribution < 1.29 is 9.59 Å². The highest BCUT2D eigenvalue weighted by atomic mass is 35.5. The number of fused-ring (bicyclic) bond motifs is 1. The van der Waals surface area contributed by atoms with Crippen molar-refractivity contribution in [1.82, 2.24) is 4.90 Å². The predicted octanol–water partition coefficient (Wildman–Crippen LogP) is 3.19. The summed E-state index contributed by atoms with van der Waals surface area (Å²) >= 11 is 6.04. The Hall–Kier alpha value is -2.53. The van der Waals surface area contributed by atoms with Crippen LogP contribution in [0.4, 0.5) is 11.4 Å². The summed E-state index contributed by atoms with van der Waals surface area (Å²) in [6.07, 6.45) is 0.931. The molecule has 0 saturated heterocycles. The second-order valence-electron chi connectivity index (χ2n) is 6.59. The number of amides is 2. The number of para-hydroxylation sites is 2. The average Bonchev–Trinajstić information content (AvgIpc) is 2.92. The van der Waals surface area contributed by atoms with Crippen molar-refractivity contribution in [2.24, 2.45) is 0 Å². The lowest BCUT2D eigenvalue weighted by Gasteiger charge is -2.27. The second-order valence-corrected chi connectivity index (χ2v) is 6.99. The van der Waals surface area contributed by atoms with Gasteiger partial charge < -0.3 is 15.1 Å². The maximum absolute atomic E-state index is 12.6. The minimum Gasteiger partial charge on any atom is -0.359 e. The predicted molar refractivity (Wildman–Crippen MR) is 105 cm³/mol. The van der Waals surface area contributed by atoms with Crippen LogP contribution in [0.5, 0.6) is 0 Å². The van der Waals surface area contributed by atoms with Gasteiger partial charge >= 0.3 is 0 Å². The van der Waals surface area contributed by atoms with E-state index < -0.39 is 0 Å². The molecule has 1 N–H and O–H groups in total. The van der Waals surface area contributed by atoms with Crippen molar-refractivity contribution in [2.45, 2.75) is 19.4 Å². The molecule has 1 aliphatic rings. The van der Waals surface area contributed by atoms with Crippen LogP contribution in [0.2, 0.25) is 5.02 Å². The number of carbonyl (C=O) groups is 2. The van der Waals surface area contributed by atoms with Crippen LogP contribution < -0.4 is 10.2 Å². The van der Waals surface area contributed by atoms with E-state index in [-0.39, 0.29) is 30.9 Å². The van der Waals surface area contributed by atoms with Crippen LogP contribution in [0, 0.1) is 0 Å². The van der Waals surface area contributed by atoms with Crippen LogP contribution in [-0.2, 0) is 16.0 Å². The Bertz CT molecular complexity index is 824. The molecule has 6 heteroatoms. The van der Waals surface area contributed by atoms with E-state index in [1.807, 2.05) is 18.2 Å². The zero-order chi connectivity index (χ0) is 18.7. The molecule has 0 spiro atoms. The first-order valence-corrected chi connectivity index (χ1v) is 8.96. The summed E-state index contributed by atoms with van der Waals surface area (Å²) in [5.41, 5.74) is 2.90. The van der Waals surface area contributed by atoms with Crippen LogP contribution in [-0.4, -0.2) is 42.9 Å². The number of hydrogen-bond acceptors (Lipinski definition) is 3. The number of benzene rings is 2. The fraction of sp³-hybridized carbons (Fsp3) is 0.300. The number of nitrogens with zero attached hydrogens (tertiary/aromatic N) is 2. The summed E-state index contributed by atoms with van der Waals surface area (Å²) < 4.78 is 0. The van der Waals surface area contributed by atoms with Crippen LogP contribution in [0.1, 0.15) is 12.5 Å². The summed E-state index contributed by atoms with van der Waals surface area (Å²) in [5.74, 6) is -0.369. The Labute approximate surface area is 158 Å². The van der Waals surface area contributed by atoms with Gasteiger partial charge in [0.25, 0.3) is 0 Å². The Morgan fingerprint density at radius 1 is 1.19 bits per heavy atom. The van der Waals surface area contributed by atoms with E-state index in [4.69, 9.17) is 11.6 Å². The number of likely N-dealkylation sites (N-methyl/N-ethyl adjacent to an activating group) is 1. The van der Waals surface area contributed by atoms with Crippen LogP contribution in [0.25, 0.3) is 0 Å². The third kappa shape index (κ3) is 3.99. The summed E-state index contributed by atoms with van der Waals surface area (Å²) in [4.78, 5) is 28.3. The van der Waals surface area contributed by atoms with Gasteiger partial charge in [0.2, 0.25) is 11.8 Å². The monoisotopic (exact) mass is 371 g/mol. The van der Waals surface area contributed by atoms with E-state index in [0.29, 0.717) is 10.7 Å². The molecule has 1 atom stereocenters. The van der Waals surface area contributed by atoms with Crippen molar-refractivity contribution in [3.8, 4) is 0 Å². The minimum atomic E-state index is -0.274. The Balaban J connectivity index is 1.58. The first kappa shape index (κ1) is 18.3. The molecule has 0 aliphatic carbocycles. The van der Waals surface area contributed by atoms with Crippen molar-refractivity contribution >= 4 is 34.8 Å². The van der Waals surface area contributed by atoms with Crippen LogP contribution in [0.3, 0.4) is 0 Å². The van der Waals surface area contributed by atoms with E-state index >= 15 is 0 Å². The maximum atomic E-state index is 12.6. The van der Waals surface area contributed by atoms with Gasteiger partial charge in [-0.15, -0.1) is 0 Å². The fourth-order valence-corrected chi connectivity index (χ4v) is 3.38. The van der Waals surface area contributed by atoms with Crippen LogP contribution >= 0.6 is 11.6 Å². The van der Waals surface area contributed by atoms with Gasteiger partial charge in [0.15, 0.2) is 0 Å². The number of hydrogen-bond donors (Lipinski definition) is 1. The molecule has 1 unspecified atom stereocenters. The van der Waals surface area contributed by atoms with Gasteiger partial charge in [0, 0.05) is 18.8 Å². The SMILES string of the molecule is CC1Cc2ccccc2N1CC(=O)N(C)CC(=O)Nc1ccccc1Cl. The summed E-state index contributed by atoms with van der Waals surface area (Å²) in [7, 11) is 1.64. The second kappa shape index (κ2) is 7.79. The molecular formula is C20H22ClN3O2. The summed E-state index contributed by atoms with van der Waals surface area (Å²) in [5, 5.41) is 3.21. The lowest BCUT2D eigenvalue weighted by atomic mass is 10.1. The molecule has 5 nitrogen and oxygen atoms in total. The molecular weight excluding hydrogens is 350 g/mol. The van der Waals surface area contributed by atoms with Crippen molar-refractivity contribution in [3.63, 3.8) is 0 Å². The summed E-state index contributed by atoms with van der Waals surface area (Å²) in [6.45, 7) is 2.35. The normalized spacial score (nSPS) is 15.5.